The molecule has 3 aromatic carbocycles. The van der Waals surface area contributed by atoms with Gasteiger partial charge < -0.3 is 14.9 Å². The fourth-order valence-electron chi connectivity index (χ4n) is 3.36. The van der Waals surface area contributed by atoms with E-state index < -0.39 is 5.97 Å². The van der Waals surface area contributed by atoms with Crippen LogP contribution in [0.3, 0.4) is 0 Å². The van der Waals surface area contributed by atoms with Gasteiger partial charge in [0.1, 0.15) is 0 Å². The molecule has 2 N–H and O–H groups in total. The highest BCUT2D eigenvalue weighted by molar-refractivity contribution is 6.20. The van der Waals surface area contributed by atoms with Crippen molar-refractivity contribution in [1.82, 2.24) is 0 Å². The number of carboxylic acids is 1. The number of methoxy groups -OCH3 is 1. The number of hydrogen-bond acceptors (Lipinski definition) is 3. The van der Waals surface area contributed by atoms with Gasteiger partial charge in [-0.3, -0.25) is 0 Å². The molecule has 0 spiro atoms. The molecule has 28 heavy (non-hydrogen) atoms. The number of phenols is 1. The molecule has 3 rings (SSSR count). The van der Waals surface area contributed by atoms with Gasteiger partial charge in [-0.05, 0) is 35.4 Å². The quantitative estimate of drug-likeness (QED) is 0.441. The van der Waals surface area contributed by atoms with Crippen molar-refractivity contribution in [1.29, 1.82) is 0 Å². The molecule has 0 heterocycles. The Morgan fingerprint density at radius 3 is 2.54 bits per heavy atom. The maximum absolute atomic E-state index is 11.9. The minimum atomic E-state index is -1.04. The number of carbonyl (C=O) groups is 1. The second kappa shape index (κ2) is 8.44. The first-order chi connectivity index (χ1) is 13.6. The number of allylic oxidation sites excluding steroid dienone is 2. The van der Waals surface area contributed by atoms with Gasteiger partial charge in [0, 0.05) is 10.9 Å². The zero-order valence-corrected chi connectivity index (χ0v) is 15.7. The van der Waals surface area contributed by atoms with Crippen molar-refractivity contribution in [3.05, 3.63) is 90.0 Å². The zero-order valence-electron chi connectivity index (χ0n) is 15.7. The van der Waals surface area contributed by atoms with Gasteiger partial charge in [-0.15, -0.1) is 6.58 Å². The van der Waals surface area contributed by atoms with E-state index in [-0.39, 0.29) is 17.1 Å². The summed E-state index contributed by atoms with van der Waals surface area (Å²) < 4.78 is 5.34. The number of aliphatic carboxylic acids is 1. The van der Waals surface area contributed by atoms with Crippen LogP contribution in [-0.4, -0.2) is 23.3 Å². The molecule has 4 heteroatoms. The summed E-state index contributed by atoms with van der Waals surface area (Å²) in [5, 5.41) is 21.8. The number of benzene rings is 3. The Hall–Kier alpha value is -3.53. The van der Waals surface area contributed by atoms with Crippen molar-refractivity contribution >= 4 is 22.3 Å². The Morgan fingerprint density at radius 1 is 1.14 bits per heavy atom. The van der Waals surface area contributed by atoms with E-state index >= 15 is 0 Å². The second-order valence-electron chi connectivity index (χ2n) is 6.42. The highest BCUT2D eigenvalue weighted by Crippen LogP contribution is 2.41. The fourth-order valence-corrected chi connectivity index (χ4v) is 3.36. The van der Waals surface area contributed by atoms with Crippen LogP contribution in [0.25, 0.3) is 16.3 Å². The van der Waals surface area contributed by atoms with Gasteiger partial charge in [0.05, 0.1) is 12.7 Å². The van der Waals surface area contributed by atoms with Gasteiger partial charge in [-0.25, -0.2) is 4.79 Å². The number of hydrogen-bond donors (Lipinski definition) is 2. The molecule has 4 nitrogen and oxygen atoms in total. The summed E-state index contributed by atoms with van der Waals surface area (Å²) in [5.41, 5.74) is 2.66. The molecule has 0 aliphatic rings. The molecule has 0 bridgehead atoms. The SMILES string of the molecule is C=CC/C=C(\C(=O)O)c1cc(OC)c(O)c2c(Cc3ccccc3)cccc12. The maximum Gasteiger partial charge on any atom is 0.336 e. The van der Waals surface area contributed by atoms with Crippen LogP contribution < -0.4 is 4.74 Å². The first-order valence-electron chi connectivity index (χ1n) is 8.97. The lowest BCUT2D eigenvalue weighted by Gasteiger charge is -2.16. The lowest BCUT2D eigenvalue weighted by atomic mass is 9.91. The number of fused-ring (bicyclic) bond motifs is 1. The van der Waals surface area contributed by atoms with Crippen LogP contribution in [0.5, 0.6) is 11.5 Å². The first kappa shape index (κ1) is 19.2. The van der Waals surface area contributed by atoms with E-state index in [1.54, 1.807) is 18.2 Å². The molecule has 0 atom stereocenters. The molecule has 0 unspecified atom stereocenters. The topological polar surface area (TPSA) is 66.8 Å². The standard InChI is InChI=1S/C24H22O4/c1-3-4-12-19(24(26)27)20-15-21(28-2)23(25)22-17(11-8-13-18(20)22)14-16-9-6-5-7-10-16/h3,5-13,15,25H,1,4,14H2,2H3,(H,26,27)/b19-12-. The Kier molecular flexibility index (Phi) is 5.80. The van der Waals surface area contributed by atoms with Crippen molar-refractivity contribution in [3.8, 4) is 11.5 Å². The Morgan fingerprint density at radius 2 is 1.89 bits per heavy atom. The van der Waals surface area contributed by atoms with Gasteiger partial charge in [0.15, 0.2) is 11.5 Å². The smallest absolute Gasteiger partial charge is 0.336 e. The van der Waals surface area contributed by atoms with E-state index in [1.807, 2.05) is 48.5 Å². The van der Waals surface area contributed by atoms with E-state index in [2.05, 4.69) is 6.58 Å². The largest absolute Gasteiger partial charge is 0.504 e. The Balaban J connectivity index is 2.29. The maximum atomic E-state index is 11.9. The molecule has 0 saturated heterocycles. The van der Waals surface area contributed by atoms with Crippen LogP contribution in [0.15, 0.2) is 73.3 Å². The van der Waals surface area contributed by atoms with Crippen LogP contribution in [0, 0.1) is 0 Å². The zero-order chi connectivity index (χ0) is 20.1. The van der Waals surface area contributed by atoms with Gasteiger partial charge in [0.2, 0.25) is 0 Å². The summed E-state index contributed by atoms with van der Waals surface area (Å²) in [6.45, 7) is 3.65. The van der Waals surface area contributed by atoms with Gasteiger partial charge in [-0.2, -0.15) is 0 Å². The highest BCUT2D eigenvalue weighted by atomic mass is 16.5. The summed E-state index contributed by atoms with van der Waals surface area (Å²) in [6, 6.07) is 17.1. The summed E-state index contributed by atoms with van der Waals surface area (Å²) in [4.78, 5) is 11.9. The molecule has 3 aromatic rings. The molecule has 0 saturated carbocycles. The van der Waals surface area contributed by atoms with Crippen LogP contribution in [0.2, 0.25) is 0 Å². The van der Waals surface area contributed by atoms with E-state index in [1.165, 1.54) is 7.11 Å². The minimum Gasteiger partial charge on any atom is -0.504 e. The summed E-state index contributed by atoms with van der Waals surface area (Å²) >= 11 is 0. The normalized spacial score (nSPS) is 11.4. The van der Waals surface area contributed by atoms with Crippen molar-refractivity contribution in [2.45, 2.75) is 12.8 Å². The first-order valence-corrected chi connectivity index (χ1v) is 8.97. The molecule has 142 valence electrons. The van der Waals surface area contributed by atoms with Gasteiger partial charge in [-0.1, -0.05) is 60.7 Å². The van der Waals surface area contributed by atoms with E-state index in [0.717, 1.165) is 11.1 Å². The molecular weight excluding hydrogens is 352 g/mol. The molecule has 0 radical (unpaired) electrons. The van der Waals surface area contributed by atoms with E-state index in [9.17, 15) is 15.0 Å². The van der Waals surface area contributed by atoms with Crippen LogP contribution in [0.4, 0.5) is 0 Å². The molecule has 0 amide bonds. The average molecular weight is 374 g/mol. The summed E-state index contributed by atoms with van der Waals surface area (Å²) in [5.74, 6) is -0.778. The Labute approximate surface area is 164 Å². The van der Waals surface area contributed by atoms with Crippen molar-refractivity contribution in [3.63, 3.8) is 0 Å². The number of phenolic OH excluding ortho intramolecular Hbond substituents is 1. The lowest BCUT2D eigenvalue weighted by Crippen LogP contribution is -2.02. The second-order valence-corrected chi connectivity index (χ2v) is 6.42. The van der Waals surface area contributed by atoms with E-state index in [4.69, 9.17) is 4.74 Å². The third-order valence-corrected chi connectivity index (χ3v) is 4.65. The predicted octanol–water partition coefficient (Wildman–Crippen LogP) is 5.19. The van der Waals surface area contributed by atoms with E-state index in [0.29, 0.717) is 29.2 Å². The number of aromatic hydroxyl groups is 1. The monoisotopic (exact) mass is 374 g/mol. The third kappa shape index (κ3) is 3.76. The number of rotatable bonds is 7. The summed E-state index contributed by atoms with van der Waals surface area (Å²) in [7, 11) is 1.46. The van der Waals surface area contributed by atoms with Crippen molar-refractivity contribution < 1.29 is 19.7 Å². The highest BCUT2D eigenvalue weighted by Gasteiger charge is 2.20. The van der Waals surface area contributed by atoms with Crippen molar-refractivity contribution in [2.75, 3.05) is 7.11 Å². The van der Waals surface area contributed by atoms with Crippen LogP contribution >= 0.6 is 0 Å². The molecule has 0 aliphatic heterocycles. The fraction of sp³-hybridized carbons (Fsp3) is 0.125. The average Bonchev–Trinajstić information content (AvgIpc) is 2.70. The van der Waals surface area contributed by atoms with Crippen LogP contribution in [0.1, 0.15) is 23.1 Å². The lowest BCUT2D eigenvalue weighted by molar-refractivity contribution is -0.130. The number of ether oxygens (including phenoxy) is 1. The predicted molar refractivity (Wildman–Crippen MR) is 112 cm³/mol. The van der Waals surface area contributed by atoms with Gasteiger partial charge >= 0.3 is 5.97 Å². The molecular formula is C24H22O4. The van der Waals surface area contributed by atoms with Crippen LogP contribution in [-0.2, 0) is 11.2 Å². The molecule has 0 fully saturated rings. The van der Waals surface area contributed by atoms with Crippen molar-refractivity contribution in [2.24, 2.45) is 0 Å². The number of carboxylic acid groups (broad SMARTS) is 1. The molecule has 0 aliphatic carbocycles. The third-order valence-electron chi connectivity index (χ3n) is 4.65. The summed E-state index contributed by atoms with van der Waals surface area (Å²) in [6.07, 6.45) is 4.29. The minimum absolute atomic E-state index is 0.0150. The Bertz CT molecular complexity index is 1050. The van der Waals surface area contributed by atoms with Gasteiger partial charge in [0.25, 0.3) is 0 Å². The molecule has 0 aromatic heterocycles.